The van der Waals surface area contributed by atoms with Crippen LogP contribution in [0.3, 0.4) is 0 Å². The van der Waals surface area contributed by atoms with Crippen molar-refractivity contribution in [3.05, 3.63) is 102 Å². The Hall–Kier alpha value is -6.42. The number of carbonyl (C=O) groups excluding carboxylic acids is 6. The molecule has 8 rings (SSSR count). The summed E-state index contributed by atoms with van der Waals surface area (Å²) in [6.45, 7) is 0.570. The molecule has 5 aromatic rings. The number of likely N-dealkylation sites (tertiary alicyclic amines) is 1. The van der Waals surface area contributed by atoms with E-state index in [4.69, 9.17) is 10.7 Å². The van der Waals surface area contributed by atoms with Gasteiger partial charge in [0, 0.05) is 54.0 Å². The van der Waals surface area contributed by atoms with Crippen LogP contribution in [0.2, 0.25) is 0 Å². The van der Waals surface area contributed by atoms with Gasteiger partial charge in [0.15, 0.2) is 0 Å². The lowest BCUT2D eigenvalue weighted by atomic mass is 10.0. The summed E-state index contributed by atoms with van der Waals surface area (Å²) in [5.41, 5.74) is 9.25. The molecular weight excluding hydrogens is 723 g/mol. The van der Waals surface area contributed by atoms with E-state index in [9.17, 15) is 28.8 Å². The molecule has 1 unspecified atom stereocenters. The maximum Gasteiger partial charge on any atom is 0.263 e. The Balaban J connectivity index is 0.943. The van der Waals surface area contributed by atoms with E-state index < -0.39 is 29.7 Å². The van der Waals surface area contributed by atoms with E-state index in [0.29, 0.717) is 58.5 Å². The number of thioether (sulfide) groups is 1. The number of carbonyl (C=O) groups is 6. The Morgan fingerprint density at radius 3 is 2.55 bits per heavy atom. The second-order valence-corrected chi connectivity index (χ2v) is 14.6. The van der Waals surface area contributed by atoms with Crippen molar-refractivity contribution >= 4 is 64.4 Å². The van der Waals surface area contributed by atoms with Gasteiger partial charge >= 0.3 is 0 Å². The second-order valence-electron chi connectivity index (χ2n) is 13.4. The van der Waals surface area contributed by atoms with Crippen LogP contribution in [0.5, 0.6) is 0 Å². The number of imidazole rings is 1. The highest BCUT2D eigenvalue weighted by Crippen LogP contribution is 2.38. The van der Waals surface area contributed by atoms with E-state index in [2.05, 4.69) is 20.6 Å². The van der Waals surface area contributed by atoms with Gasteiger partial charge in [-0.2, -0.15) is 0 Å². The molecule has 2 aromatic carbocycles. The van der Waals surface area contributed by atoms with Gasteiger partial charge in [-0.05, 0) is 67.8 Å². The number of fused-ring (bicyclic) bond motifs is 2. The van der Waals surface area contributed by atoms with E-state index in [0.717, 1.165) is 16.9 Å². The van der Waals surface area contributed by atoms with Gasteiger partial charge in [-0.25, -0.2) is 15.0 Å². The number of rotatable bonds is 10. The number of hydrogen-bond acceptors (Lipinski definition) is 11. The molecule has 0 radical (unpaired) electrons. The Bertz CT molecular complexity index is 2380. The zero-order valence-corrected chi connectivity index (χ0v) is 30.3. The summed E-state index contributed by atoms with van der Waals surface area (Å²) >= 11 is 1.38. The van der Waals surface area contributed by atoms with Gasteiger partial charge in [0.05, 0.1) is 17.2 Å². The fraction of sp³-hybridized carbons (Fsp3) is 0.256. The molecule has 0 aliphatic carbocycles. The van der Waals surface area contributed by atoms with Crippen LogP contribution >= 0.6 is 11.8 Å². The predicted octanol–water partition coefficient (Wildman–Crippen LogP) is 4.26. The molecule has 6 heterocycles. The van der Waals surface area contributed by atoms with Crippen molar-refractivity contribution < 1.29 is 28.8 Å². The molecule has 3 aliphatic heterocycles. The number of nitrogens with two attached hydrogens (primary N) is 1. The molecule has 278 valence electrons. The molecule has 0 spiro atoms. The van der Waals surface area contributed by atoms with Gasteiger partial charge < -0.3 is 16.0 Å². The fourth-order valence-electron chi connectivity index (χ4n) is 7.42. The summed E-state index contributed by atoms with van der Waals surface area (Å²) < 4.78 is 1.89. The first-order valence-electron chi connectivity index (χ1n) is 17.9. The van der Waals surface area contributed by atoms with E-state index >= 15 is 0 Å². The number of nitrogens with zero attached hydrogens (tertiary/aromatic N) is 6. The Morgan fingerprint density at radius 1 is 0.927 bits per heavy atom. The third-order valence-electron chi connectivity index (χ3n) is 10.0. The van der Waals surface area contributed by atoms with Gasteiger partial charge in [0.25, 0.3) is 17.7 Å². The minimum absolute atomic E-state index is 0.0275. The van der Waals surface area contributed by atoms with Gasteiger partial charge in [0.1, 0.15) is 34.7 Å². The summed E-state index contributed by atoms with van der Waals surface area (Å²) in [5.74, 6) is -0.616. The normalized spacial score (nSPS) is 18.2. The third kappa shape index (κ3) is 6.69. The van der Waals surface area contributed by atoms with Crippen LogP contribution in [0.4, 0.5) is 11.6 Å². The Kier molecular flexibility index (Phi) is 9.57. The molecule has 55 heavy (non-hydrogen) atoms. The number of hydrogen-bond donors (Lipinski definition) is 3. The van der Waals surface area contributed by atoms with Crippen molar-refractivity contribution in [1.82, 2.24) is 34.5 Å². The predicted molar refractivity (Wildman–Crippen MR) is 202 cm³/mol. The van der Waals surface area contributed by atoms with Crippen molar-refractivity contribution in [2.24, 2.45) is 0 Å². The lowest BCUT2D eigenvalue weighted by Crippen LogP contribution is -2.54. The molecule has 6 amide bonds. The first-order chi connectivity index (χ1) is 26.7. The maximum absolute atomic E-state index is 13.7. The van der Waals surface area contributed by atoms with Crippen molar-refractivity contribution in [2.75, 3.05) is 23.3 Å². The molecular formula is C39H35N9O6S. The maximum atomic E-state index is 13.7. The van der Waals surface area contributed by atoms with Crippen molar-refractivity contribution in [2.45, 2.75) is 55.5 Å². The van der Waals surface area contributed by atoms with Crippen LogP contribution in [0.25, 0.3) is 16.8 Å². The molecule has 2 atom stereocenters. The first kappa shape index (κ1) is 35.6. The number of anilines is 2. The van der Waals surface area contributed by atoms with Gasteiger partial charge in [-0.1, -0.05) is 24.3 Å². The lowest BCUT2D eigenvalue weighted by molar-refractivity contribution is -0.136. The van der Waals surface area contributed by atoms with Crippen molar-refractivity contribution in [3.8, 4) is 11.3 Å². The fourth-order valence-corrected chi connectivity index (χ4v) is 8.44. The molecule has 16 heteroatoms. The van der Waals surface area contributed by atoms with Gasteiger partial charge in [-0.15, -0.1) is 11.8 Å². The minimum atomic E-state index is -1.04. The topological polar surface area (TPSA) is 202 Å². The molecule has 3 aromatic heterocycles. The van der Waals surface area contributed by atoms with Gasteiger partial charge in [0.2, 0.25) is 17.7 Å². The van der Waals surface area contributed by atoms with E-state index in [1.54, 1.807) is 79.3 Å². The molecule has 15 nitrogen and oxygen atoms in total. The molecule has 0 saturated carbocycles. The number of nitrogen functional groups attached to an aromatic ring is 1. The van der Waals surface area contributed by atoms with Crippen LogP contribution in [-0.2, 0) is 14.4 Å². The Labute approximate surface area is 318 Å². The summed E-state index contributed by atoms with van der Waals surface area (Å²) in [4.78, 5) is 94.3. The number of pyridine rings is 1. The first-order valence-corrected chi connectivity index (χ1v) is 18.9. The smallest absolute Gasteiger partial charge is 0.263 e. The van der Waals surface area contributed by atoms with Crippen LogP contribution < -0.4 is 16.4 Å². The molecule has 2 saturated heterocycles. The zero-order valence-electron chi connectivity index (χ0n) is 29.4. The highest BCUT2D eigenvalue weighted by molar-refractivity contribution is 7.99. The van der Waals surface area contributed by atoms with E-state index in [1.807, 2.05) is 9.30 Å². The quantitative estimate of drug-likeness (QED) is 0.104. The molecule has 0 bridgehead atoms. The summed E-state index contributed by atoms with van der Waals surface area (Å²) in [6, 6.07) is 16.0. The highest BCUT2D eigenvalue weighted by atomic mass is 32.2. The number of aromatic nitrogens is 4. The van der Waals surface area contributed by atoms with Crippen LogP contribution in [0.15, 0.2) is 84.1 Å². The van der Waals surface area contributed by atoms with E-state index in [-0.39, 0.29) is 54.1 Å². The van der Waals surface area contributed by atoms with Crippen molar-refractivity contribution in [3.63, 3.8) is 0 Å². The average Bonchev–Trinajstić information content (AvgIpc) is 3.90. The SMILES string of the molecule is Nc1nccn2c([C@@H]3CCCN3C(=O)CCCSc3cccc4c3C(=O)N(C3CCC(=O)NC3=O)C4=O)nc(-c3ccc(C(=O)Nc4ccccn4)cc3)c12. The summed E-state index contributed by atoms with van der Waals surface area (Å²) in [6.07, 6.45) is 7.40. The monoisotopic (exact) mass is 757 g/mol. The summed E-state index contributed by atoms with van der Waals surface area (Å²) in [5, 5.41) is 5.00. The van der Waals surface area contributed by atoms with E-state index in [1.165, 1.54) is 11.8 Å². The van der Waals surface area contributed by atoms with Crippen LogP contribution in [0, 0.1) is 0 Å². The number of benzene rings is 2. The Morgan fingerprint density at radius 2 is 1.76 bits per heavy atom. The summed E-state index contributed by atoms with van der Waals surface area (Å²) in [7, 11) is 0. The average molecular weight is 758 g/mol. The molecule has 2 fully saturated rings. The number of amides is 6. The van der Waals surface area contributed by atoms with Gasteiger partial charge in [-0.3, -0.25) is 43.4 Å². The number of nitrogens with one attached hydrogen (secondary N) is 2. The third-order valence-corrected chi connectivity index (χ3v) is 11.2. The van der Waals surface area contributed by atoms with Crippen LogP contribution in [-0.4, -0.2) is 82.9 Å². The number of piperidine rings is 1. The number of imide groups is 2. The molecule has 4 N–H and O–H groups in total. The van der Waals surface area contributed by atoms with Crippen LogP contribution in [0.1, 0.15) is 81.5 Å². The highest BCUT2D eigenvalue weighted by Gasteiger charge is 2.45. The largest absolute Gasteiger partial charge is 0.382 e. The standard InChI is InChI=1S/C39H35N9O6S/c40-34-33-32(22-11-13-23(14-12-22)36(51)43-28-9-1-2-17-41-28)45-35(47(33)20-18-42-34)25-7-4-19-46(25)30(50)10-5-21-55-27-8-3-6-24-31(27)39(54)48(38(24)53)26-15-16-29(49)44-37(26)52/h1-3,6,8-9,11-14,17-18,20,25-26H,4-5,7,10,15-16,19,21H2,(H2,40,42)(H,41,43,51)(H,44,49,52)/t25-,26?/m0/s1. The molecule has 3 aliphatic rings. The second kappa shape index (κ2) is 14.8. The minimum Gasteiger partial charge on any atom is -0.382 e. The van der Waals surface area contributed by atoms with Crippen molar-refractivity contribution in [1.29, 1.82) is 0 Å². The zero-order chi connectivity index (χ0) is 38.2. The lowest BCUT2D eigenvalue weighted by Gasteiger charge is -2.27.